The Morgan fingerprint density at radius 3 is 2.78 bits per heavy atom. The lowest BCUT2D eigenvalue weighted by atomic mass is 10.1. The van der Waals surface area contributed by atoms with E-state index in [0.717, 1.165) is 0 Å². The third kappa shape index (κ3) is 3.57. The van der Waals surface area contributed by atoms with Crippen LogP contribution >= 0.6 is 0 Å². The van der Waals surface area contributed by atoms with E-state index < -0.39 is 5.82 Å². The third-order valence-corrected chi connectivity index (χ3v) is 2.50. The average Bonchev–Trinajstić information content (AvgIpc) is 2.39. The Morgan fingerprint density at radius 2 is 2.22 bits per heavy atom. The molecule has 0 aromatic heterocycles. The normalized spacial score (nSPS) is 9.56. The molecule has 4 heteroatoms. The second kappa shape index (κ2) is 6.77. The highest BCUT2D eigenvalue weighted by atomic mass is 19.1. The monoisotopic (exact) mass is 249 g/mol. The van der Waals surface area contributed by atoms with Crippen LogP contribution in [0.4, 0.5) is 4.39 Å². The van der Waals surface area contributed by atoms with Crippen molar-refractivity contribution in [2.45, 2.75) is 13.3 Å². The minimum atomic E-state index is -0.518. The van der Waals surface area contributed by atoms with Gasteiger partial charge in [0.25, 0.3) is 5.91 Å². The summed E-state index contributed by atoms with van der Waals surface area (Å²) >= 11 is 0. The van der Waals surface area contributed by atoms with Crippen molar-refractivity contribution in [3.63, 3.8) is 0 Å². The summed E-state index contributed by atoms with van der Waals surface area (Å²) < 4.78 is 13.7. The summed E-state index contributed by atoms with van der Waals surface area (Å²) in [5.41, 5.74) is 0.545. The Labute approximate surface area is 106 Å². The van der Waals surface area contributed by atoms with E-state index >= 15 is 0 Å². The van der Waals surface area contributed by atoms with Crippen LogP contribution in [0, 0.1) is 17.7 Å². The number of carbonyl (C=O) groups excluding carboxylic acids is 1. The molecular weight excluding hydrogens is 233 g/mol. The molecule has 1 amide bonds. The van der Waals surface area contributed by atoms with Gasteiger partial charge >= 0.3 is 0 Å². The summed E-state index contributed by atoms with van der Waals surface area (Å²) in [5, 5.41) is 8.57. The smallest absolute Gasteiger partial charge is 0.253 e. The second-order valence-electron chi connectivity index (χ2n) is 3.79. The summed E-state index contributed by atoms with van der Waals surface area (Å²) in [6, 6.07) is 4.23. The van der Waals surface area contributed by atoms with Gasteiger partial charge < -0.3 is 10.0 Å². The van der Waals surface area contributed by atoms with Crippen LogP contribution in [0.25, 0.3) is 0 Å². The van der Waals surface area contributed by atoms with Crippen LogP contribution in [-0.4, -0.2) is 36.1 Å². The summed E-state index contributed by atoms with van der Waals surface area (Å²) in [7, 11) is 1.66. The number of amides is 1. The Hall–Kier alpha value is -1.86. The number of hydrogen-bond acceptors (Lipinski definition) is 2. The molecule has 0 saturated carbocycles. The zero-order valence-electron chi connectivity index (χ0n) is 10.5. The molecule has 0 aliphatic carbocycles. The highest BCUT2D eigenvalue weighted by Crippen LogP contribution is 2.11. The standard InChI is InChI=1S/C14H16FNO2/c1-3-16(2)14(18)12-8-7-11(13(15)10-12)6-4-5-9-17/h7-8,10,17H,3,5,9H2,1-2H3. The number of aliphatic hydroxyl groups excluding tert-OH is 1. The van der Waals surface area contributed by atoms with Crippen LogP contribution in [0.3, 0.4) is 0 Å². The summed E-state index contributed by atoms with van der Waals surface area (Å²) in [5.74, 6) is 4.52. The van der Waals surface area contributed by atoms with E-state index in [2.05, 4.69) is 11.8 Å². The fourth-order valence-electron chi connectivity index (χ4n) is 1.33. The number of hydrogen-bond donors (Lipinski definition) is 1. The van der Waals surface area contributed by atoms with Crippen molar-refractivity contribution in [1.29, 1.82) is 0 Å². The van der Waals surface area contributed by atoms with E-state index in [0.29, 0.717) is 18.5 Å². The quantitative estimate of drug-likeness (QED) is 0.827. The Morgan fingerprint density at radius 1 is 1.50 bits per heavy atom. The lowest BCUT2D eigenvalue weighted by Crippen LogP contribution is -2.26. The summed E-state index contributed by atoms with van der Waals surface area (Å²) in [6.45, 7) is 2.37. The van der Waals surface area contributed by atoms with Gasteiger partial charge in [0.15, 0.2) is 0 Å². The maximum atomic E-state index is 13.7. The van der Waals surface area contributed by atoms with Gasteiger partial charge in [0.1, 0.15) is 5.82 Å². The molecule has 0 aliphatic rings. The van der Waals surface area contributed by atoms with Gasteiger partial charge in [-0.25, -0.2) is 4.39 Å². The fraction of sp³-hybridized carbons (Fsp3) is 0.357. The summed E-state index contributed by atoms with van der Waals surface area (Å²) in [6.07, 6.45) is 0.304. The second-order valence-corrected chi connectivity index (χ2v) is 3.79. The molecule has 0 heterocycles. The van der Waals surface area contributed by atoms with E-state index in [-0.39, 0.29) is 18.1 Å². The molecule has 3 nitrogen and oxygen atoms in total. The molecule has 1 aromatic rings. The van der Waals surface area contributed by atoms with Gasteiger partial charge in [-0.15, -0.1) is 0 Å². The molecule has 0 spiro atoms. The first-order valence-corrected chi connectivity index (χ1v) is 5.75. The first-order chi connectivity index (χ1) is 8.60. The van der Waals surface area contributed by atoms with Gasteiger partial charge in [0.05, 0.1) is 12.2 Å². The molecular formula is C14H16FNO2. The molecule has 0 atom stereocenters. The van der Waals surface area contributed by atoms with E-state index in [9.17, 15) is 9.18 Å². The maximum Gasteiger partial charge on any atom is 0.253 e. The van der Waals surface area contributed by atoms with Crippen LogP contribution < -0.4 is 0 Å². The van der Waals surface area contributed by atoms with Crippen LogP contribution in [0.1, 0.15) is 29.3 Å². The fourth-order valence-corrected chi connectivity index (χ4v) is 1.33. The largest absolute Gasteiger partial charge is 0.395 e. The zero-order chi connectivity index (χ0) is 13.5. The van der Waals surface area contributed by atoms with E-state index in [1.165, 1.54) is 17.0 Å². The van der Waals surface area contributed by atoms with Crippen molar-refractivity contribution >= 4 is 5.91 Å². The summed E-state index contributed by atoms with van der Waals surface area (Å²) in [4.78, 5) is 13.3. The number of halogens is 1. The third-order valence-electron chi connectivity index (χ3n) is 2.50. The molecule has 0 fully saturated rings. The Balaban J connectivity index is 2.93. The van der Waals surface area contributed by atoms with Crippen LogP contribution in [0.2, 0.25) is 0 Å². The van der Waals surface area contributed by atoms with Crippen molar-refractivity contribution in [1.82, 2.24) is 4.90 Å². The van der Waals surface area contributed by atoms with Crippen molar-refractivity contribution in [3.8, 4) is 11.8 Å². The van der Waals surface area contributed by atoms with E-state index in [1.54, 1.807) is 13.1 Å². The van der Waals surface area contributed by atoms with Crippen LogP contribution in [0.15, 0.2) is 18.2 Å². The van der Waals surface area contributed by atoms with Gasteiger partial charge in [-0.05, 0) is 25.1 Å². The number of nitrogens with zero attached hydrogens (tertiary/aromatic N) is 1. The van der Waals surface area contributed by atoms with Gasteiger partial charge in [-0.2, -0.15) is 0 Å². The van der Waals surface area contributed by atoms with Crippen molar-refractivity contribution in [2.75, 3.05) is 20.2 Å². The van der Waals surface area contributed by atoms with Crippen LogP contribution in [-0.2, 0) is 0 Å². The van der Waals surface area contributed by atoms with Crippen molar-refractivity contribution < 1.29 is 14.3 Å². The van der Waals surface area contributed by atoms with Gasteiger partial charge in [-0.1, -0.05) is 11.8 Å². The molecule has 0 saturated heterocycles. The Kier molecular flexibility index (Phi) is 5.34. The molecule has 0 aliphatic heterocycles. The lowest BCUT2D eigenvalue weighted by Gasteiger charge is -2.14. The highest BCUT2D eigenvalue weighted by molar-refractivity contribution is 5.94. The minimum Gasteiger partial charge on any atom is -0.395 e. The number of benzene rings is 1. The molecule has 0 unspecified atom stereocenters. The zero-order valence-corrected chi connectivity index (χ0v) is 10.5. The topological polar surface area (TPSA) is 40.5 Å². The van der Waals surface area contributed by atoms with Gasteiger partial charge in [0, 0.05) is 25.6 Å². The maximum absolute atomic E-state index is 13.7. The van der Waals surface area contributed by atoms with Crippen molar-refractivity contribution in [3.05, 3.63) is 35.1 Å². The van der Waals surface area contributed by atoms with Gasteiger partial charge in [-0.3, -0.25) is 4.79 Å². The molecule has 18 heavy (non-hydrogen) atoms. The van der Waals surface area contributed by atoms with Crippen molar-refractivity contribution in [2.24, 2.45) is 0 Å². The predicted molar refractivity (Wildman–Crippen MR) is 67.6 cm³/mol. The van der Waals surface area contributed by atoms with E-state index in [4.69, 9.17) is 5.11 Å². The highest BCUT2D eigenvalue weighted by Gasteiger charge is 2.11. The first-order valence-electron chi connectivity index (χ1n) is 5.75. The predicted octanol–water partition coefficient (Wildman–Crippen LogP) is 1.65. The Bertz CT molecular complexity index is 488. The molecule has 1 N–H and O–H groups in total. The van der Waals surface area contributed by atoms with Crippen LogP contribution in [0.5, 0.6) is 0 Å². The molecule has 1 rings (SSSR count). The average molecular weight is 249 g/mol. The first kappa shape index (κ1) is 14.2. The molecule has 1 aromatic carbocycles. The SMILES string of the molecule is CCN(C)C(=O)c1ccc(C#CCCO)c(F)c1. The molecule has 0 bridgehead atoms. The number of carbonyl (C=O) groups is 1. The lowest BCUT2D eigenvalue weighted by molar-refractivity contribution is 0.0802. The van der Waals surface area contributed by atoms with Gasteiger partial charge in [0.2, 0.25) is 0 Å². The number of rotatable bonds is 3. The minimum absolute atomic E-state index is 0.0491. The number of aliphatic hydroxyl groups is 1. The van der Waals surface area contributed by atoms with E-state index in [1.807, 2.05) is 6.92 Å². The molecule has 96 valence electrons. The molecule has 0 radical (unpaired) electrons.